The van der Waals surface area contributed by atoms with Crippen LogP contribution in [-0.4, -0.2) is 0 Å². The first-order chi connectivity index (χ1) is 4.84. The highest BCUT2D eigenvalue weighted by atomic mass is 79.9. The average Bonchev–Trinajstić information content (AvgIpc) is 2.31. The maximum atomic E-state index is 8.18. The zero-order valence-corrected chi connectivity index (χ0v) is 7.50. The Hall–Kier alpha value is -0.530. The summed E-state index contributed by atoms with van der Waals surface area (Å²) in [6, 6.07) is 1.99. The van der Waals surface area contributed by atoms with Crippen molar-refractivity contribution in [3.8, 4) is 6.19 Å². The topological polar surface area (TPSA) is 35.8 Å². The van der Waals surface area contributed by atoms with Gasteiger partial charge in [0, 0.05) is 0 Å². The van der Waals surface area contributed by atoms with Crippen molar-refractivity contribution >= 4 is 27.3 Å². The molecule has 1 aromatic rings. The summed E-state index contributed by atoms with van der Waals surface area (Å²) in [7, 11) is 0. The minimum atomic E-state index is 0.612. The molecule has 0 saturated heterocycles. The lowest BCUT2D eigenvalue weighted by molar-refractivity contribution is 0.885. The van der Waals surface area contributed by atoms with Crippen LogP contribution in [0.5, 0.6) is 0 Å². The van der Waals surface area contributed by atoms with Crippen molar-refractivity contribution in [2.45, 2.75) is 6.54 Å². The Kier molecular flexibility index (Phi) is 2.72. The van der Waals surface area contributed by atoms with E-state index in [-0.39, 0.29) is 0 Å². The van der Waals surface area contributed by atoms with Crippen LogP contribution in [0.1, 0.15) is 5.56 Å². The molecule has 0 fully saturated rings. The predicted molar refractivity (Wildman–Crippen MR) is 44.5 cm³/mol. The van der Waals surface area contributed by atoms with Gasteiger partial charge in [-0.25, -0.2) is 0 Å². The summed E-state index contributed by atoms with van der Waals surface area (Å²) in [6.07, 6.45) is 1.87. The highest BCUT2D eigenvalue weighted by Gasteiger charge is 1.97. The molecular weight excluding hydrogens is 212 g/mol. The molecule has 0 unspecified atom stereocenters. The van der Waals surface area contributed by atoms with Crippen LogP contribution >= 0.6 is 27.3 Å². The summed E-state index contributed by atoms with van der Waals surface area (Å²) in [5.41, 5.74) is 1.13. The van der Waals surface area contributed by atoms with Crippen LogP contribution < -0.4 is 5.32 Å². The fraction of sp³-hybridized carbons (Fsp3) is 0.167. The van der Waals surface area contributed by atoms with E-state index in [1.54, 1.807) is 11.3 Å². The Morgan fingerprint density at radius 1 is 1.80 bits per heavy atom. The van der Waals surface area contributed by atoms with Gasteiger partial charge in [-0.1, -0.05) is 0 Å². The van der Waals surface area contributed by atoms with Crippen molar-refractivity contribution in [2.24, 2.45) is 0 Å². The van der Waals surface area contributed by atoms with Crippen molar-refractivity contribution in [1.82, 2.24) is 5.32 Å². The quantitative estimate of drug-likeness (QED) is 0.608. The summed E-state index contributed by atoms with van der Waals surface area (Å²) in [4.78, 5) is 0. The minimum Gasteiger partial charge on any atom is -0.319 e. The zero-order valence-electron chi connectivity index (χ0n) is 5.10. The first-order valence-electron chi connectivity index (χ1n) is 2.68. The van der Waals surface area contributed by atoms with Crippen LogP contribution in [0.25, 0.3) is 0 Å². The lowest BCUT2D eigenvalue weighted by Crippen LogP contribution is -2.03. The van der Waals surface area contributed by atoms with E-state index < -0.39 is 0 Å². The molecule has 0 saturated carbocycles. The Balaban J connectivity index is 2.59. The van der Waals surface area contributed by atoms with E-state index in [4.69, 9.17) is 5.26 Å². The van der Waals surface area contributed by atoms with Crippen LogP contribution in [0.4, 0.5) is 0 Å². The summed E-state index contributed by atoms with van der Waals surface area (Å²) in [5.74, 6) is 0. The van der Waals surface area contributed by atoms with Crippen LogP contribution in [-0.2, 0) is 6.54 Å². The molecule has 4 heteroatoms. The number of halogens is 1. The van der Waals surface area contributed by atoms with Gasteiger partial charge in [-0.05, 0) is 32.9 Å². The van der Waals surface area contributed by atoms with Gasteiger partial charge in [-0.2, -0.15) is 5.26 Å². The molecule has 2 nitrogen and oxygen atoms in total. The summed E-state index contributed by atoms with van der Waals surface area (Å²) >= 11 is 4.99. The monoisotopic (exact) mass is 216 g/mol. The molecule has 0 spiro atoms. The molecule has 0 atom stereocenters. The molecule has 0 aliphatic heterocycles. The SMILES string of the molecule is N#CNCc1ccsc1Br. The normalized spacial score (nSPS) is 8.80. The second-order valence-electron chi connectivity index (χ2n) is 1.68. The molecule has 0 aliphatic rings. The highest BCUT2D eigenvalue weighted by Crippen LogP contribution is 2.22. The molecule has 0 amide bonds. The highest BCUT2D eigenvalue weighted by molar-refractivity contribution is 9.11. The second kappa shape index (κ2) is 3.59. The molecule has 0 bridgehead atoms. The van der Waals surface area contributed by atoms with Crippen LogP contribution in [0, 0.1) is 11.5 Å². The Morgan fingerprint density at radius 2 is 2.60 bits per heavy atom. The Bertz CT molecular complexity index is 250. The third-order valence-corrected chi connectivity index (χ3v) is 2.86. The molecule has 10 heavy (non-hydrogen) atoms. The van der Waals surface area contributed by atoms with E-state index >= 15 is 0 Å². The van der Waals surface area contributed by atoms with Crippen LogP contribution in [0.3, 0.4) is 0 Å². The smallest absolute Gasteiger partial charge is 0.176 e. The molecule has 0 aliphatic carbocycles. The van der Waals surface area contributed by atoms with Gasteiger partial charge >= 0.3 is 0 Å². The maximum Gasteiger partial charge on any atom is 0.176 e. The standard InChI is InChI=1S/C6H5BrN2S/c7-6-5(1-2-10-6)3-9-4-8/h1-2,9H,3H2. The van der Waals surface area contributed by atoms with Gasteiger partial charge in [0.2, 0.25) is 0 Å². The third kappa shape index (κ3) is 1.72. The van der Waals surface area contributed by atoms with Crippen LogP contribution in [0.15, 0.2) is 15.2 Å². The second-order valence-corrected chi connectivity index (χ2v) is 3.92. The number of thiophene rings is 1. The molecular formula is C6H5BrN2S. The van der Waals surface area contributed by atoms with E-state index in [1.165, 1.54) is 0 Å². The molecule has 1 aromatic heterocycles. The van der Waals surface area contributed by atoms with Gasteiger partial charge < -0.3 is 5.32 Å². The first kappa shape index (κ1) is 7.58. The summed E-state index contributed by atoms with van der Waals surface area (Å²) in [6.45, 7) is 0.612. The summed E-state index contributed by atoms with van der Waals surface area (Å²) in [5, 5.41) is 12.7. The van der Waals surface area contributed by atoms with Crippen molar-refractivity contribution < 1.29 is 0 Å². The van der Waals surface area contributed by atoms with Crippen molar-refractivity contribution in [2.75, 3.05) is 0 Å². The molecule has 1 heterocycles. The fourth-order valence-electron chi connectivity index (χ4n) is 0.580. The minimum absolute atomic E-state index is 0.612. The summed E-state index contributed by atoms with van der Waals surface area (Å²) < 4.78 is 1.09. The van der Waals surface area contributed by atoms with Gasteiger partial charge in [0.1, 0.15) is 0 Å². The van der Waals surface area contributed by atoms with Gasteiger partial charge in [-0.3, -0.25) is 0 Å². The maximum absolute atomic E-state index is 8.18. The average molecular weight is 217 g/mol. The number of hydrogen-bond acceptors (Lipinski definition) is 3. The van der Waals surface area contributed by atoms with E-state index in [0.29, 0.717) is 6.54 Å². The number of nitrogens with zero attached hydrogens (tertiary/aromatic N) is 1. The van der Waals surface area contributed by atoms with Crippen LogP contribution in [0.2, 0.25) is 0 Å². The third-order valence-electron chi connectivity index (χ3n) is 1.05. The van der Waals surface area contributed by atoms with Crippen molar-refractivity contribution in [3.05, 3.63) is 20.8 Å². The van der Waals surface area contributed by atoms with E-state index in [1.807, 2.05) is 17.6 Å². The lowest BCUT2D eigenvalue weighted by atomic mass is 10.3. The molecule has 0 radical (unpaired) electrons. The fourth-order valence-corrected chi connectivity index (χ4v) is 1.82. The van der Waals surface area contributed by atoms with Crippen molar-refractivity contribution in [1.29, 1.82) is 5.26 Å². The van der Waals surface area contributed by atoms with E-state index in [9.17, 15) is 0 Å². The number of hydrogen-bond donors (Lipinski definition) is 1. The van der Waals surface area contributed by atoms with Gasteiger partial charge in [0.05, 0.1) is 10.3 Å². The van der Waals surface area contributed by atoms with E-state index in [0.717, 1.165) is 9.35 Å². The Morgan fingerprint density at radius 3 is 3.10 bits per heavy atom. The molecule has 1 N–H and O–H groups in total. The van der Waals surface area contributed by atoms with Gasteiger partial charge in [0.25, 0.3) is 0 Å². The largest absolute Gasteiger partial charge is 0.319 e. The van der Waals surface area contributed by atoms with Gasteiger partial charge in [-0.15, -0.1) is 11.3 Å². The van der Waals surface area contributed by atoms with E-state index in [2.05, 4.69) is 21.2 Å². The first-order valence-corrected chi connectivity index (χ1v) is 4.35. The number of rotatable bonds is 2. The number of nitrogens with one attached hydrogen (secondary N) is 1. The predicted octanol–water partition coefficient (Wildman–Crippen LogP) is 2.08. The molecule has 52 valence electrons. The molecule has 1 rings (SSSR count). The zero-order chi connectivity index (χ0) is 7.40. The Labute approximate surface area is 71.6 Å². The number of nitriles is 1. The van der Waals surface area contributed by atoms with Crippen molar-refractivity contribution in [3.63, 3.8) is 0 Å². The lowest BCUT2D eigenvalue weighted by Gasteiger charge is -1.92. The molecule has 0 aromatic carbocycles. The van der Waals surface area contributed by atoms with Gasteiger partial charge in [0.15, 0.2) is 6.19 Å².